The van der Waals surface area contributed by atoms with Crippen molar-refractivity contribution in [2.24, 2.45) is 0 Å². The van der Waals surface area contributed by atoms with Gasteiger partial charge in [-0.1, -0.05) is 352 Å². The van der Waals surface area contributed by atoms with Gasteiger partial charge in [0.2, 0.25) is 0 Å². The molecule has 16 aromatic carbocycles. The molecule has 4 aromatic heterocycles. The molecular formula is C100H62N6. The van der Waals surface area contributed by atoms with Crippen LogP contribution in [-0.4, -0.2) is 29.9 Å². The predicted molar refractivity (Wildman–Crippen MR) is 441 cm³/mol. The van der Waals surface area contributed by atoms with Crippen molar-refractivity contribution in [3.8, 4) is 135 Å². The number of rotatable bonds is 12. The second-order valence-electron chi connectivity index (χ2n) is 27.1. The number of pyridine rings is 2. The standard InChI is InChI=1S/C100H62N6/c1-5-27-68(28-6-1)90-91(69-29-7-2-8-30-69)104-97(95(103-90)73-52-48-67(49-53-73)88-84-57-54-65-25-14-17-42-81(65)99(84)106-100-82-43-18-15-26-66(82)55-58-85(88)100)78-39-22-35-74(61-78)63-46-50-72(51-47-63)94-92(70-31-9-3-10-32-70)102-93(71-33-11-4-12-34-71)96(105-94)79-40-23-37-76(62-79)75-36-21-38-77(60-75)89-83-44-19-20-45-87(83)101-98-80-41-16-13-24-64(80)56-59-86(89)98/h1-62H. The summed E-state index contributed by atoms with van der Waals surface area (Å²) in [5.41, 5.74) is 26.7. The van der Waals surface area contributed by atoms with Crippen molar-refractivity contribution >= 4 is 75.9 Å². The second kappa shape index (κ2) is 26.0. The average molecular weight is 1350 g/mol. The topological polar surface area (TPSA) is 77.3 Å². The molecule has 0 radical (unpaired) electrons. The van der Waals surface area contributed by atoms with E-state index in [9.17, 15) is 0 Å². The molecule has 20 aromatic rings. The van der Waals surface area contributed by atoms with E-state index in [-0.39, 0.29) is 0 Å². The highest BCUT2D eigenvalue weighted by Gasteiger charge is 2.25. The van der Waals surface area contributed by atoms with E-state index in [0.717, 1.165) is 200 Å². The van der Waals surface area contributed by atoms with Crippen molar-refractivity contribution in [3.05, 3.63) is 376 Å². The van der Waals surface area contributed by atoms with E-state index in [2.05, 4.69) is 358 Å². The van der Waals surface area contributed by atoms with E-state index >= 15 is 0 Å². The van der Waals surface area contributed by atoms with E-state index in [0.29, 0.717) is 0 Å². The fourth-order valence-electron chi connectivity index (χ4n) is 15.7. The first-order valence-electron chi connectivity index (χ1n) is 36.0. The second-order valence-corrected chi connectivity index (χ2v) is 27.1. The third kappa shape index (κ3) is 10.9. The number of nitrogens with zero attached hydrogens (tertiary/aromatic N) is 6. The number of hydrogen-bond acceptors (Lipinski definition) is 6. The maximum Gasteiger partial charge on any atom is 0.0973 e. The van der Waals surface area contributed by atoms with Crippen LogP contribution in [0, 0.1) is 0 Å². The quantitative estimate of drug-likeness (QED) is 0.0896. The molecule has 0 N–H and O–H groups in total. The number of hydrogen-bond donors (Lipinski definition) is 0. The number of aromatic nitrogens is 6. The Balaban J connectivity index is 0.703. The van der Waals surface area contributed by atoms with Crippen LogP contribution in [0.1, 0.15) is 0 Å². The molecule has 0 saturated heterocycles. The van der Waals surface area contributed by atoms with Crippen molar-refractivity contribution in [1.29, 1.82) is 0 Å². The molecule has 6 heteroatoms. The van der Waals surface area contributed by atoms with Gasteiger partial charge in [-0.05, 0) is 73.8 Å². The van der Waals surface area contributed by atoms with E-state index < -0.39 is 0 Å². The summed E-state index contributed by atoms with van der Waals surface area (Å²) in [4.78, 5) is 33.8. The number of fused-ring (bicyclic) bond motifs is 10. The van der Waals surface area contributed by atoms with Gasteiger partial charge in [0.15, 0.2) is 0 Å². The lowest BCUT2D eigenvalue weighted by Crippen LogP contribution is -2.01. The number of para-hydroxylation sites is 1. The normalized spacial score (nSPS) is 11.6. The van der Waals surface area contributed by atoms with Crippen molar-refractivity contribution in [2.75, 3.05) is 0 Å². The van der Waals surface area contributed by atoms with Crippen molar-refractivity contribution < 1.29 is 0 Å². The molecule has 106 heavy (non-hydrogen) atoms. The maximum absolute atomic E-state index is 5.80. The van der Waals surface area contributed by atoms with Gasteiger partial charge in [0.05, 0.1) is 67.6 Å². The summed E-state index contributed by atoms with van der Waals surface area (Å²) in [5, 5.41) is 11.3. The summed E-state index contributed by atoms with van der Waals surface area (Å²) in [6.45, 7) is 0. The van der Waals surface area contributed by atoms with Crippen LogP contribution in [0.15, 0.2) is 376 Å². The Bertz CT molecular complexity index is 6750. The summed E-state index contributed by atoms with van der Waals surface area (Å²) in [6, 6.07) is 133. The summed E-state index contributed by atoms with van der Waals surface area (Å²) >= 11 is 0. The van der Waals surface area contributed by atoms with E-state index in [1.54, 1.807) is 0 Å². The van der Waals surface area contributed by atoms with Gasteiger partial charge in [-0.3, -0.25) is 0 Å². The highest BCUT2D eigenvalue weighted by atomic mass is 14.9. The van der Waals surface area contributed by atoms with Crippen LogP contribution >= 0.6 is 0 Å². The minimum absolute atomic E-state index is 0.776. The monoisotopic (exact) mass is 1350 g/mol. The van der Waals surface area contributed by atoms with Gasteiger partial charge >= 0.3 is 0 Å². The van der Waals surface area contributed by atoms with Gasteiger partial charge in [0.25, 0.3) is 0 Å². The highest BCUT2D eigenvalue weighted by Crippen LogP contribution is 2.46. The minimum Gasteiger partial charge on any atom is -0.247 e. The van der Waals surface area contributed by atoms with Crippen LogP contribution in [0.4, 0.5) is 0 Å². The molecule has 0 saturated carbocycles. The number of benzene rings is 16. The molecule has 0 aliphatic carbocycles. The Hall–Kier alpha value is -14.2. The third-order valence-corrected chi connectivity index (χ3v) is 20.8. The molecule has 6 nitrogen and oxygen atoms in total. The Kier molecular flexibility index (Phi) is 15.1. The molecule has 4 heterocycles. The molecule has 0 aliphatic rings. The Labute approximate surface area is 612 Å². The SMILES string of the molecule is c1ccc(-c2nc(-c3ccc(-c4c5ccc6ccccc6c5nc5c4ccc4ccccc45)cc3)c(-c3cccc(-c4ccc(-c5nc(-c6cccc(-c7cccc(-c8c9ccccc9nc9c8ccc8ccccc89)c7)c6)c(-c6ccccc6)nc5-c5ccccc5)cc4)c3)nc2-c2ccccc2)cc1. The average Bonchev–Trinajstić information content (AvgIpc) is 0.735. The molecular weight excluding hydrogens is 1290 g/mol. The van der Waals surface area contributed by atoms with Crippen LogP contribution in [0.25, 0.3) is 210 Å². The molecule has 492 valence electrons. The van der Waals surface area contributed by atoms with Crippen LogP contribution in [0.5, 0.6) is 0 Å². The zero-order valence-corrected chi connectivity index (χ0v) is 57.5. The maximum atomic E-state index is 5.80. The Morgan fingerprint density at radius 1 is 0.132 bits per heavy atom. The molecule has 0 bridgehead atoms. The first-order valence-corrected chi connectivity index (χ1v) is 36.0. The van der Waals surface area contributed by atoms with Gasteiger partial charge in [0, 0.05) is 93.3 Å². The van der Waals surface area contributed by atoms with Gasteiger partial charge in [-0.25, -0.2) is 29.9 Å². The Morgan fingerprint density at radius 2 is 0.396 bits per heavy atom. The van der Waals surface area contributed by atoms with Crippen LogP contribution < -0.4 is 0 Å². The largest absolute Gasteiger partial charge is 0.247 e. The Morgan fingerprint density at radius 3 is 0.802 bits per heavy atom. The van der Waals surface area contributed by atoms with Crippen molar-refractivity contribution in [3.63, 3.8) is 0 Å². The minimum atomic E-state index is 0.776. The van der Waals surface area contributed by atoms with Gasteiger partial charge < -0.3 is 0 Å². The van der Waals surface area contributed by atoms with Crippen LogP contribution in [-0.2, 0) is 0 Å². The third-order valence-electron chi connectivity index (χ3n) is 20.8. The molecule has 0 amide bonds. The summed E-state index contributed by atoms with van der Waals surface area (Å²) < 4.78 is 0. The molecule has 0 aliphatic heterocycles. The van der Waals surface area contributed by atoms with Gasteiger partial charge in [0.1, 0.15) is 0 Å². The van der Waals surface area contributed by atoms with Gasteiger partial charge in [-0.15, -0.1) is 0 Å². The fourth-order valence-corrected chi connectivity index (χ4v) is 15.7. The smallest absolute Gasteiger partial charge is 0.0973 e. The molecule has 0 unspecified atom stereocenters. The predicted octanol–water partition coefficient (Wildman–Crippen LogP) is 26.1. The summed E-state index contributed by atoms with van der Waals surface area (Å²) in [6.07, 6.45) is 0. The van der Waals surface area contributed by atoms with E-state index in [4.69, 9.17) is 29.9 Å². The lowest BCUT2D eigenvalue weighted by Gasteiger charge is -2.18. The first kappa shape index (κ1) is 61.7. The van der Waals surface area contributed by atoms with Crippen LogP contribution in [0.2, 0.25) is 0 Å². The lowest BCUT2D eigenvalue weighted by molar-refractivity contribution is 1.21. The lowest BCUT2D eigenvalue weighted by atomic mass is 9.91. The van der Waals surface area contributed by atoms with Crippen molar-refractivity contribution in [2.45, 2.75) is 0 Å². The molecule has 20 rings (SSSR count). The summed E-state index contributed by atoms with van der Waals surface area (Å²) in [7, 11) is 0. The zero-order chi connectivity index (χ0) is 70.0. The summed E-state index contributed by atoms with van der Waals surface area (Å²) in [5.74, 6) is 0. The van der Waals surface area contributed by atoms with E-state index in [1.807, 2.05) is 18.2 Å². The van der Waals surface area contributed by atoms with Crippen molar-refractivity contribution in [1.82, 2.24) is 29.9 Å². The zero-order valence-electron chi connectivity index (χ0n) is 57.5. The fraction of sp³-hybridized carbons (Fsp3) is 0. The molecule has 0 fully saturated rings. The molecule has 0 atom stereocenters. The van der Waals surface area contributed by atoms with E-state index in [1.165, 1.54) is 10.9 Å². The highest BCUT2D eigenvalue weighted by molar-refractivity contribution is 6.22. The first-order chi connectivity index (χ1) is 52.5. The van der Waals surface area contributed by atoms with Gasteiger partial charge in [-0.2, -0.15) is 0 Å². The molecule has 0 spiro atoms. The van der Waals surface area contributed by atoms with Crippen LogP contribution in [0.3, 0.4) is 0 Å².